The molecule has 1 aromatic heterocycles. The summed E-state index contributed by atoms with van der Waals surface area (Å²) in [5.41, 5.74) is 3.08. The smallest absolute Gasteiger partial charge is 0.213 e. The molecule has 0 aromatic carbocycles. The van der Waals surface area contributed by atoms with E-state index in [1.807, 2.05) is 60.6 Å². The van der Waals surface area contributed by atoms with Gasteiger partial charge in [0.2, 0.25) is 6.20 Å². The molecular weight excluding hydrogens is 230 g/mol. The van der Waals surface area contributed by atoms with Gasteiger partial charge in [0.1, 0.15) is 0 Å². The summed E-state index contributed by atoms with van der Waals surface area (Å²) in [6, 6.07) is 3.94. The summed E-state index contributed by atoms with van der Waals surface area (Å²) in [4.78, 5) is 1.96. The number of hydrogen-bond donors (Lipinski definition) is 1. The highest BCUT2D eigenvalue weighted by Crippen LogP contribution is 2.02. The van der Waals surface area contributed by atoms with Gasteiger partial charge in [0.15, 0.2) is 6.20 Å². The molecule has 0 saturated carbocycles. The first-order valence-corrected chi connectivity index (χ1v) is 4.74. The van der Waals surface area contributed by atoms with Gasteiger partial charge in [0.25, 0.3) is 0 Å². The third kappa shape index (κ3) is 3.94. The van der Waals surface area contributed by atoms with Crippen molar-refractivity contribution in [3.05, 3.63) is 41.4 Å². The first-order chi connectivity index (χ1) is 6.18. The molecule has 0 aliphatic heterocycles. The van der Waals surface area contributed by atoms with E-state index in [-0.39, 0.29) is 0 Å². The molecule has 0 bridgehead atoms. The molecule has 0 atom stereocenters. The van der Waals surface area contributed by atoms with Crippen LogP contribution >= 0.6 is 15.9 Å². The molecule has 0 fully saturated rings. The summed E-state index contributed by atoms with van der Waals surface area (Å²) in [5, 5.41) is 0. The fourth-order valence-electron chi connectivity index (χ4n) is 0.795. The Kier molecular flexibility index (Phi) is 3.76. The Labute approximate surface area is 86.8 Å². The lowest BCUT2D eigenvalue weighted by molar-refractivity contribution is -0.644. The predicted molar refractivity (Wildman–Crippen MR) is 56.5 cm³/mol. The maximum absolute atomic E-state index is 3.39. The maximum atomic E-state index is 3.39. The molecular formula is C9H13BrN3+. The highest BCUT2D eigenvalue weighted by Gasteiger charge is 1.95. The molecule has 0 spiro atoms. The molecule has 0 radical (unpaired) electrons. The van der Waals surface area contributed by atoms with Crippen molar-refractivity contribution in [3.63, 3.8) is 0 Å². The minimum atomic E-state index is 1.04. The van der Waals surface area contributed by atoms with Crippen molar-refractivity contribution in [1.82, 2.24) is 4.90 Å². The third-order valence-corrected chi connectivity index (χ3v) is 1.83. The molecule has 0 aliphatic carbocycles. The lowest BCUT2D eigenvalue weighted by atomic mass is 10.5. The van der Waals surface area contributed by atoms with Crippen molar-refractivity contribution in [2.24, 2.45) is 0 Å². The van der Waals surface area contributed by atoms with E-state index in [4.69, 9.17) is 0 Å². The molecule has 3 nitrogen and oxygen atoms in total. The quantitative estimate of drug-likeness (QED) is 0.807. The first kappa shape index (κ1) is 10.1. The van der Waals surface area contributed by atoms with Gasteiger partial charge in [0, 0.05) is 26.4 Å². The molecule has 1 rings (SSSR count). The van der Waals surface area contributed by atoms with Crippen LogP contribution in [-0.2, 0) is 0 Å². The average Bonchev–Trinajstić information content (AvgIpc) is 2.03. The van der Waals surface area contributed by atoms with E-state index in [1.54, 1.807) is 0 Å². The molecule has 4 heteroatoms. The number of rotatable bonds is 3. The Morgan fingerprint density at radius 3 is 2.92 bits per heavy atom. The molecule has 1 N–H and O–H groups in total. The second kappa shape index (κ2) is 4.87. The predicted octanol–water partition coefficient (Wildman–Crippen LogP) is 1.31. The summed E-state index contributed by atoms with van der Waals surface area (Å²) in [6.45, 7) is 0. The summed E-state index contributed by atoms with van der Waals surface area (Å²) >= 11 is 3.39. The molecule has 0 aliphatic rings. The van der Waals surface area contributed by atoms with Gasteiger partial charge in [-0.25, -0.2) is 0 Å². The molecule has 70 valence electrons. The van der Waals surface area contributed by atoms with Gasteiger partial charge in [-0.3, -0.25) is 0 Å². The minimum absolute atomic E-state index is 1.04. The largest absolute Gasteiger partial charge is 0.382 e. The Morgan fingerprint density at radius 1 is 1.54 bits per heavy atom. The third-order valence-electron chi connectivity index (χ3n) is 1.36. The average molecular weight is 243 g/mol. The van der Waals surface area contributed by atoms with Crippen LogP contribution in [0.5, 0.6) is 0 Å². The van der Waals surface area contributed by atoms with Crippen LogP contribution in [0.25, 0.3) is 0 Å². The lowest BCUT2D eigenvalue weighted by Gasteiger charge is -2.01. The van der Waals surface area contributed by atoms with E-state index in [0.717, 1.165) is 4.47 Å². The Bertz CT molecular complexity index is 297. The van der Waals surface area contributed by atoms with Gasteiger partial charge in [0.05, 0.1) is 10.7 Å². The fourth-order valence-corrected chi connectivity index (χ4v) is 1.17. The zero-order chi connectivity index (χ0) is 9.68. The van der Waals surface area contributed by atoms with Crippen LogP contribution in [0.2, 0.25) is 0 Å². The molecule has 0 saturated heterocycles. The molecule has 13 heavy (non-hydrogen) atoms. The van der Waals surface area contributed by atoms with Crippen LogP contribution in [0.4, 0.5) is 0 Å². The van der Waals surface area contributed by atoms with Gasteiger partial charge in [-0.1, -0.05) is 4.68 Å². The van der Waals surface area contributed by atoms with Crippen LogP contribution in [0.3, 0.4) is 0 Å². The summed E-state index contributed by atoms with van der Waals surface area (Å²) < 4.78 is 2.91. The number of pyridine rings is 1. The number of aromatic nitrogens is 1. The van der Waals surface area contributed by atoms with E-state index in [2.05, 4.69) is 21.4 Å². The lowest BCUT2D eigenvalue weighted by Crippen LogP contribution is -2.41. The van der Waals surface area contributed by atoms with Crippen molar-refractivity contribution in [1.29, 1.82) is 0 Å². The van der Waals surface area contributed by atoms with Crippen LogP contribution in [0, 0.1) is 0 Å². The molecule has 1 aromatic rings. The maximum Gasteiger partial charge on any atom is 0.213 e. The second-order valence-electron chi connectivity index (χ2n) is 2.84. The van der Waals surface area contributed by atoms with Gasteiger partial charge < -0.3 is 4.90 Å². The van der Waals surface area contributed by atoms with E-state index in [1.165, 1.54) is 0 Å². The van der Waals surface area contributed by atoms with Crippen molar-refractivity contribution >= 4 is 15.9 Å². The molecule has 0 unspecified atom stereocenters. The monoisotopic (exact) mass is 242 g/mol. The SMILES string of the molecule is CN(C)/C=C/N[n+]1cccc(Br)c1. The van der Waals surface area contributed by atoms with E-state index in [9.17, 15) is 0 Å². The van der Waals surface area contributed by atoms with Crippen LogP contribution in [-0.4, -0.2) is 19.0 Å². The topological polar surface area (TPSA) is 19.1 Å². The second-order valence-corrected chi connectivity index (χ2v) is 3.75. The summed E-state index contributed by atoms with van der Waals surface area (Å²) in [6.07, 6.45) is 7.69. The van der Waals surface area contributed by atoms with Gasteiger partial charge in [-0.2, -0.15) is 5.43 Å². The summed E-state index contributed by atoms with van der Waals surface area (Å²) in [7, 11) is 3.95. The number of halogens is 1. The highest BCUT2D eigenvalue weighted by atomic mass is 79.9. The number of hydrogen-bond acceptors (Lipinski definition) is 2. The van der Waals surface area contributed by atoms with Gasteiger partial charge in [-0.05, 0) is 22.0 Å². The van der Waals surface area contributed by atoms with E-state index >= 15 is 0 Å². The molecule has 0 amide bonds. The zero-order valence-electron chi connectivity index (χ0n) is 7.74. The molecule has 1 heterocycles. The minimum Gasteiger partial charge on any atom is -0.382 e. The van der Waals surface area contributed by atoms with E-state index in [0.29, 0.717) is 0 Å². The summed E-state index contributed by atoms with van der Waals surface area (Å²) in [5.74, 6) is 0. The van der Waals surface area contributed by atoms with Gasteiger partial charge >= 0.3 is 0 Å². The van der Waals surface area contributed by atoms with Crippen molar-refractivity contribution < 1.29 is 4.68 Å². The zero-order valence-corrected chi connectivity index (χ0v) is 9.32. The first-order valence-electron chi connectivity index (χ1n) is 3.95. The number of nitrogens with zero attached hydrogens (tertiary/aromatic N) is 2. The van der Waals surface area contributed by atoms with Crippen LogP contribution < -0.4 is 10.1 Å². The number of nitrogens with one attached hydrogen (secondary N) is 1. The fraction of sp³-hybridized carbons (Fsp3) is 0.222. The van der Waals surface area contributed by atoms with Crippen LogP contribution in [0.15, 0.2) is 41.4 Å². The Morgan fingerprint density at radius 2 is 2.31 bits per heavy atom. The Hall–Kier alpha value is -1.03. The van der Waals surface area contributed by atoms with Crippen molar-refractivity contribution in [2.75, 3.05) is 19.5 Å². The highest BCUT2D eigenvalue weighted by molar-refractivity contribution is 9.10. The van der Waals surface area contributed by atoms with Crippen LogP contribution in [0.1, 0.15) is 0 Å². The van der Waals surface area contributed by atoms with Crippen molar-refractivity contribution in [2.45, 2.75) is 0 Å². The standard InChI is InChI=1S/C9H13BrN3/c1-12(2)7-5-11-13-6-3-4-9(10)8-13/h3-8,11H,1-2H3/q+1/b7-5+. The van der Waals surface area contributed by atoms with Crippen molar-refractivity contribution in [3.8, 4) is 0 Å². The van der Waals surface area contributed by atoms with E-state index < -0.39 is 0 Å². The normalized spacial score (nSPS) is 10.4. The Balaban J connectivity index is 2.55. The van der Waals surface area contributed by atoms with Gasteiger partial charge in [-0.15, -0.1) is 0 Å².